The lowest BCUT2D eigenvalue weighted by Crippen LogP contribution is -2.45. The van der Waals surface area contributed by atoms with Crippen LogP contribution in [0.15, 0.2) is 22.7 Å². The first-order chi connectivity index (χ1) is 9.52. The molecule has 108 valence electrons. The van der Waals surface area contributed by atoms with E-state index in [9.17, 15) is 14.9 Å². The average molecular weight is 343 g/mol. The molecule has 0 aliphatic heterocycles. The zero-order chi connectivity index (χ0) is 14.7. The van der Waals surface area contributed by atoms with Gasteiger partial charge >= 0.3 is 0 Å². The van der Waals surface area contributed by atoms with Crippen molar-refractivity contribution in [2.24, 2.45) is 0 Å². The summed E-state index contributed by atoms with van der Waals surface area (Å²) >= 11 is 3.18. The van der Waals surface area contributed by atoms with Crippen molar-refractivity contribution in [3.63, 3.8) is 0 Å². The van der Waals surface area contributed by atoms with E-state index in [0.29, 0.717) is 4.47 Å². The lowest BCUT2D eigenvalue weighted by molar-refractivity contribution is -0.385. The van der Waals surface area contributed by atoms with Gasteiger partial charge in [0.15, 0.2) is 0 Å². The van der Waals surface area contributed by atoms with Gasteiger partial charge in [-0.15, -0.1) is 0 Å². The van der Waals surface area contributed by atoms with Crippen LogP contribution in [0.25, 0.3) is 0 Å². The number of aliphatic hydroxyl groups is 1. The van der Waals surface area contributed by atoms with Crippen LogP contribution in [0.2, 0.25) is 0 Å². The Morgan fingerprint density at radius 3 is 2.65 bits per heavy atom. The van der Waals surface area contributed by atoms with E-state index in [1.807, 2.05) is 0 Å². The van der Waals surface area contributed by atoms with E-state index in [1.54, 1.807) is 11.0 Å². The van der Waals surface area contributed by atoms with Crippen LogP contribution < -0.4 is 0 Å². The first kappa shape index (κ1) is 14.9. The van der Waals surface area contributed by atoms with Crippen molar-refractivity contribution in [1.82, 2.24) is 4.90 Å². The molecule has 1 aromatic rings. The SMILES string of the molecule is O=C(c1cc(Br)cc([N+](=O)[O-])c1)N(CCO)C1CCC1. The van der Waals surface area contributed by atoms with Crippen LogP contribution in [0, 0.1) is 10.1 Å². The van der Waals surface area contributed by atoms with Crippen molar-refractivity contribution in [1.29, 1.82) is 0 Å². The van der Waals surface area contributed by atoms with Crippen LogP contribution in [0.4, 0.5) is 5.69 Å². The summed E-state index contributed by atoms with van der Waals surface area (Å²) in [7, 11) is 0. The lowest BCUT2D eigenvalue weighted by atomic mass is 9.91. The van der Waals surface area contributed by atoms with Crippen LogP contribution in [0.5, 0.6) is 0 Å². The van der Waals surface area contributed by atoms with Crippen LogP contribution in [-0.2, 0) is 0 Å². The Kier molecular flexibility index (Phi) is 4.72. The fourth-order valence-electron chi connectivity index (χ4n) is 2.22. The molecule has 0 radical (unpaired) electrons. The molecule has 1 fully saturated rings. The van der Waals surface area contributed by atoms with Crippen LogP contribution in [-0.4, -0.2) is 40.0 Å². The van der Waals surface area contributed by atoms with Crippen molar-refractivity contribution in [2.45, 2.75) is 25.3 Å². The predicted octanol–water partition coefficient (Wildman–Crippen LogP) is 2.34. The number of hydrogen-bond acceptors (Lipinski definition) is 4. The van der Waals surface area contributed by atoms with E-state index in [0.717, 1.165) is 19.3 Å². The summed E-state index contributed by atoms with van der Waals surface area (Å²) in [6, 6.07) is 4.33. The molecule has 2 rings (SSSR count). The molecule has 1 aliphatic carbocycles. The topological polar surface area (TPSA) is 83.7 Å². The largest absolute Gasteiger partial charge is 0.395 e. The third-order valence-electron chi connectivity index (χ3n) is 3.46. The molecule has 1 saturated carbocycles. The Bertz CT molecular complexity index is 531. The number of hydrogen-bond donors (Lipinski definition) is 1. The molecular formula is C13H15BrN2O4. The Labute approximate surface area is 124 Å². The van der Waals surface area contributed by atoms with Gasteiger partial charge < -0.3 is 10.0 Å². The molecule has 0 spiro atoms. The minimum atomic E-state index is -0.527. The Hall–Kier alpha value is -1.47. The highest BCUT2D eigenvalue weighted by atomic mass is 79.9. The van der Waals surface area contributed by atoms with Gasteiger partial charge in [-0.2, -0.15) is 0 Å². The number of benzene rings is 1. The highest BCUT2D eigenvalue weighted by Gasteiger charge is 2.29. The lowest BCUT2D eigenvalue weighted by Gasteiger charge is -2.37. The number of amides is 1. The highest BCUT2D eigenvalue weighted by molar-refractivity contribution is 9.10. The molecule has 0 aromatic heterocycles. The number of halogens is 1. The predicted molar refractivity (Wildman–Crippen MR) is 76.6 cm³/mol. The van der Waals surface area contributed by atoms with Gasteiger partial charge in [0.25, 0.3) is 11.6 Å². The summed E-state index contributed by atoms with van der Waals surface area (Å²) in [5.41, 5.74) is 0.145. The van der Waals surface area contributed by atoms with Crippen LogP contribution in [0.1, 0.15) is 29.6 Å². The second kappa shape index (κ2) is 6.32. The van der Waals surface area contributed by atoms with Gasteiger partial charge in [0.1, 0.15) is 0 Å². The summed E-state index contributed by atoms with van der Waals surface area (Å²) < 4.78 is 0.493. The molecule has 0 heterocycles. The van der Waals surface area contributed by atoms with Crippen LogP contribution in [0.3, 0.4) is 0 Å². The Morgan fingerprint density at radius 2 is 2.15 bits per heavy atom. The van der Waals surface area contributed by atoms with Gasteiger partial charge in [0, 0.05) is 34.8 Å². The fourth-order valence-corrected chi connectivity index (χ4v) is 2.71. The second-order valence-electron chi connectivity index (χ2n) is 4.76. The number of aliphatic hydroxyl groups excluding tert-OH is 1. The maximum atomic E-state index is 12.5. The number of carbonyl (C=O) groups is 1. The molecule has 1 aromatic carbocycles. The minimum Gasteiger partial charge on any atom is -0.395 e. The van der Waals surface area contributed by atoms with E-state index in [-0.39, 0.29) is 36.4 Å². The molecule has 1 N–H and O–H groups in total. The summed E-state index contributed by atoms with van der Waals surface area (Å²) in [6.07, 6.45) is 2.90. The summed E-state index contributed by atoms with van der Waals surface area (Å²) in [5.74, 6) is -0.270. The van der Waals surface area contributed by atoms with Gasteiger partial charge in [0.05, 0.1) is 11.5 Å². The van der Waals surface area contributed by atoms with Gasteiger partial charge in [-0.25, -0.2) is 0 Å². The molecular weight excluding hydrogens is 328 g/mol. The summed E-state index contributed by atoms with van der Waals surface area (Å²) in [6.45, 7) is 0.141. The first-order valence-corrected chi connectivity index (χ1v) is 7.19. The Morgan fingerprint density at radius 1 is 1.45 bits per heavy atom. The summed E-state index contributed by atoms with van der Waals surface area (Å²) in [4.78, 5) is 24.4. The normalized spacial score (nSPS) is 14.7. The molecule has 20 heavy (non-hydrogen) atoms. The number of rotatable bonds is 5. The maximum Gasteiger partial charge on any atom is 0.271 e. The second-order valence-corrected chi connectivity index (χ2v) is 5.68. The highest BCUT2D eigenvalue weighted by Crippen LogP contribution is 2.28. The number of nitro groups is 1. The molecule has 0 unspecified atom stereocenters. The molecule has 0 saturated heterocycles. The van der Waals surface area contributed by atoms with Crippen molar-refractivity contribution in [2.75, 3.05) is 13.2 Å². The van der Waals surface area contributed by atoms with Gasteiger partial charge in [-0.05, 0) is 25.3 Å². The molecule has 6 nitrogen and oxygen atoms in total. The van der Waals surface area contributed by atoms with Gasteiger partial charge in [0.2, 0.25) is 0 Å². The number of carbonyl (C=O) groups excluding carboxylic acids is 1. The molecule has 1 aliphatic rings. The maximum absolute atomic E-state index is 12.5. The minimum absolute atomic E-state index is 0.113. The fraction of sp³-hybridized carbons (Fsp3) is 0.462. The average Bonchev–Trinajstić information content (AvgIpc) is 2.34. The Balaban J connectivity index is 2.28. The van der Waals surface area contributed by atoms with Gasteiger partial charge in [-0.1, -0.05) is 15.9 Å². The quantitative estimate of drug-likeness (QED) is 0.657. The smallest absolute Gasteiger partial charge is 0.271 e. The van der Waals surface area contributed by atoms with E-state index in [4.69, 9.17) is 5.11 Å². The zero-order valence-corrected chi connectivity index (χ0v) is 12.4. The van der Waals surface area contributed by atoms with Crippen molar-refractivity contribution >= 4 is 27.5 Å². The van der Waals surface area contributed by atoms with Crippen LogP contribution >= 0.6 is 15.9 Å². The number of nitrogens with zero attached hydrogens (tertiary/aromatic N) is 2. The zero-order valence-electron chi connectivity index (χ0n) is 10.8. The van der Waals surface area contributed by atoms with E-state index in [2.05, 4.69) is 15.9 Å². The molecule has 7 heteroatoms. The molecule has 0 atom stereocenters. The van der Waals surface area contributed by atoms with Crippen molar-refractivity contribution in [3.05, 3.63) is 38.3 Å². The number of non-ortho nitro benzene ring substituents is 1. The molecule has 0 bridgehead atoms. The third kappa shape index (κ3) is 3.16. The monoisotopic (exact) mass is 342 g/mol. The van der Waals surface area contributed by atoms with Gasteiger partial charge in [-0.3, -0.25) is 14.9 Å². The van der Waals surface area contributed by atoms with Crippen molar-refractivity contribution in [3.8, 4) is 0 Å². The van der Waals surface area contributed by atoms with Crippen molar-refractivity contribution < 1.29 is 14.8 Å². The standard InChI is InChI=1S/C13H15BrN2O4/c14-10-6-9(7-12(8-10)16(19)20)13(18)15(4-5-17)11-2-1-3-11/h6-8,11,17H,1-5H2. The first-order valence-electron chi connectivity index (χ1n) is 6.39. The summed E-state index contributed by atoms with van der Waals surface area (Å²) in [5, 5.41) is 19.9. The third-order valence-corrected chi connectivity index (χ3v) is 3.92. The van der Waals surface area contributed by atoms with E-state index >= 15 is 0 Å². The van der Waals surface area contributed by atoms with E-state index in [1.165, 1.54) is 12.1 Å². The van der Waals surface area contributed by atoms with E-state index < -0.39 is 4.92 Å². The molecule has 1 amide bonds. The number of nitro benzene ring substituents is 1.